The Morgan fingerprint density at radius 3 is 2.76 bits per heavy atom. The van der Waals surface area contributed by atoms with Gasteiger partial charge in [-0.15, -0.1) is 0 Å². The van der Waals surface area contributed by atoms with Crippen molar-refractivity contribution in [3.63, 3.8) is 0 Å². The summed E-state index contributed by atoms with van der Waals surface area (Å²) in [4.78, 5) is 24.7. The molecule has 21 heavy (non-hydrogen) atoms. The number of carbonyl (C=O) groups excluding carboxylic acids is 1. The molecule has 2 aromatic heterocycles. The van der Waals surface area contributed by atoms with Crippen LogP contribution in [0.1, 0.15) is 38.9 Å². The average molecular weight is 290 g/mol. The van der Waals surface area contributed by atoms with E-state index in [0.29, 0.717) is 18.6 Å². The Hall–Kier alpha value is -2.11. The van der Waals surface area contributed by atoms with E-state index in [4.69, 9.17) is 0 Å². The van der Waals surface area contributed by atoms with Gasteiger partial charge in [0.05, 0.1) is 5.69 Å². The number of hydrogen-bond donors (Lipinski definition) is 1. The first-order valence-corrected chi connectivity index (χ1v) is 7.37. The van der Waals surface area contributed by atoms with Gasteiger partial charge in [0.2, 0.25) is 5.91 Å². The van der Waals surface area contributed by atoms with Crippen LogP contribution in [0.4, 0.5) is 0 Å². The summed E-state index contributed by atoms with van der Waals surface area (Å²) in [5, 5.41) is 8.03. The molecule has 1 N–H and O–H groups in total. The van der Waals surface area contributed by atoms with Crippen LogP contribution in [-0.2, 0) is 11.3 Å². The molecular weight excluding hydrogens is 268 g/mol. The number of rotatable bonds is 5. The van der Waals surface area contributed by atoms with E-state index in [1.165, 1.54) is 4.57 Å². The van der Waals surface area contributed by atoms with Gasteiger partial charge in [0.15, 0.2) is 0 Å². The average Bonchev–Trinajstić information content (AvgIpc) is 2.81. The maximum atomic E-state index is 12.7. The zero-order valence-corrected chi connectivity index (χ0v) is 13.0. The van der Waals surface area contributed by atoms with Crippen LogP contribution in [0, 0.1) is 6.92 Å². The molecule has 2 heterocycles. The van der Waals surface area contributed by atoms with Crippen molar-refractivity contribution in [2.75, 3.05) is 6.54 Å². The van der Waals surface area contributed by atoms with E-state index >= 15 is 0 Å². The molecule has 0 aromatic carbocycles. The number of carbonyl (C=O) groups is 1. The van der Waals surface area contributed by atoms with Gasteiger partial charge in [-0.05, 0) is 33.3 Å². The number of aromatic nitrogens is 3. The second-order valence-corrected chi connectivity index (χ2v) is 5.16. The fourth-order valence-electron chi connectivity index (χ4n) is 2.42. The molecule has 1 amide bonds. The normalized spacial score (nSPS) is 12.6. The van der Waals surface area contributed by atoms with Gasteiger partial charge in [0, 0.05) is 24.7 Å². The molecule has 6 nitrogen and oxygen atoms in total. The molecule has 0 bridgehead atoms. The quantitative estimate of drug-likeness (QED) is 0.909. The third kappa shape index (κ3) is 2.70. The van der Waals surface area contributed by atoms with Crippen molar-refractivity contribution in [1.29, 1.82) is 0 Å². The first-order chi connectivity index (χ1) is 10.0. The predicted molar refractivity (Wildman–Crippen MR) is 82.4 cm³/mol. The SMILES string of the molecule is CCCNC(=O)C(C)n1ccc2c(C)nn(CC)c2c1=O. The smallest absolute Gasteiger partial charge is 0.277 e. The summed E-state index contributed by atoms with van der Waals surface area (Å²) in [5.41, 5.74) is 1.22. The Kier molecular flexibility index (Phi) is 4.45. The highest BCUT2D eigenvalue weighted by molar-refractivity contribution is 5.83. The van der Waals surface area contributed by atoms with Crippen LogP contribution in [0.5, 0.6) is 0 Å². The van der Waals surface area contributed by atoms with Gasteiger partial charge in [0.1, 0.15) is 11.6 Å². The first kappa shape index (κ1) is 15.3. The minimum Gasteiger partial charge on any atom is -0.354 e. The van der Waals surface area contributed by atoms with E-state index in [1.807, 2.05) is 26.8 Å². The van der Waals surface area contributed by atoms with Crippen molar-refractivity contribution in [1.82, 2.24) is 19.7 Å². The number of pyridine rings is 1. The van der Waals surface area contributed by atoms with E-state index in [9.17, 15) is 9.59 Å². The summed E-state index contributed by atoms with van der Waals surface area (Å²) >= 11 is 0. The predicted octanol–water partition coefficient (Wildman–Crippen LogP) is 1.61. The van der Waals surface area contributed by atoms with Gasteiger partial charge in [-0.1, -0.05) is 6.92 Å². The fourth-order valence-corrected chi connectivity index (χ4v) is 2.42. The Morgan fingerprint density at radius 2 is 2.14 bits per heavy atom. The van der Waals surface area contributed by atoms with Crippen molar-refractivity contribution < 1.29 is 4.79 Å². The van der Waals surface area contributed by atoms with Crippen LogP contribution >= 0.6 is 0 Å². The Labute approximate surface area is 123 Å². The number of nitrogens with zero attached hydrogens (tertiary/aromatic N) is 3. The molecule has 2 aromatic rings. The van der Waals surface area contributed by atoms with E-state index in [-0.39, 0.29) is 11.5 Å². The molecule has 0 radical (unpaired) electrons. The molecule has 2 rings (SSSR count). The number of fused-ring (bicyclic) bond motifs is 1. The lowest BCUT2D eigenvalue weighted by Crippen LogP contribution is -2.36. The number of nitrogens with one attached hydrogen (secondary N) is 1. The van der Waals surface area contributed by atoms with E-state index < -0.39 is 6.04 Å². The molecule has 6 heteroatoms. The number of aryl methyl sites for hydroxylation is 2. The standard InChI is InChI=1S/C15H22N4O2/c1-5-8-16-14(20)11(4)18-9-7-12-10(3)17-19(6-2)13(12)15(18)21/h7,9,11H,5-6,8H2,1-4H3,(H,16,20). The molecular formula is C15H22N4O2. The molecule has 1 unspecified atom stereocenters. The highest BCUT2D eigenvalue weighted by Gasteiger charge is 2.19. The van der Waals surface area contributed by atoms with Gasteiger partial charge in [-0.2, -0.15) is 5.10 Å². The lowest BCUT2D eigenvalue weighted by molar-refractivity contribution is -0.123. The highest BCUT2D eigenvalue weighted by Crippen LogP contribution is 2.15. The van der Waals surface area contributed by atoms with Crippen molar-refractivity contribution >= 4 is 16.8 Å². The minimum absolute atomic E-state index is 0.141. The lowest BCUT2D eigenvalue weighted by Gasteiger charge is -2.15. The fraction of sp³-hybridized carbons (Fsp3) is 0.533. The van der Waals surface area contributed by atoms with Crippen LogP contribution in [0.15, 0.2) is 17.1 Å². The van der Waals surface area contributed by atoms with E-state index in [1.54, 1.807) is 17.8 Å². The third-order valence-electron chi connectivity index (χ3n) is 3.66. The monoisotopic (exact) mass is 290 g/mol. The van der Waals surface area contributed by atoms with Crippen molar-refractivity contribution in [2.45, 2.75) is 46.7 Å². The van der Waals surface area contributed by atoms with Crippen molar-refractivity contribution in [2.24, 2.45) is 0 Å². The van der Waals surface area contributed by atoms with Gasteiger partial charge in [-0.25, -0.2) is 0 Å². The largest absolute Gasteiger partial charge is 0.354 e. The van der Waals surface area contributed by atoms with Crippen molar-refractivity contribution in [3.05, 3.63) is 28.3 Å². The van der Waals surface area contributed by atoms with Crippen LogP contribution in [0.3, 0.4) is 0 Å². The van der Waals surface area contributed by atoms with Crippen LogP contribution in [0.2, 0.25) is 0 Å². The zero-order valence-electron chi connectivity index (χ0n) is 13.0. The molecule has 0 spiro atoms. The molecule has 0 saturated heterocycles. The first-order valence-electron chi connectivity index (χ1n) is 7.37. The van der Waals surface area contributed by atoms with Crippen LogP contribution in [-0.4, -0.2) is 26.8 Å². The molecule has 0 aliphatic rings. The molecule has 0 aliphatic carbocycles. The van der Waals surface area contributed by atoms with Gasteiger partial charge in [-0.3, -0.25) is 14.3 Å². The van der Waals surface area contributed by atoms with E-state index in [0.717, 1.165) is 17.5 Å². The molecule has 1 atom stereocenters. The summed E-state index contributed by atoms with van der Waals surface area (Å²) in [5.74, 6) is -0.141. The summed E-state index contributed by atoms with van der Waals surface area (Å²) in [6.07, 6.45) is 2.55. The Morgan fingerprint density at radius 1 is 1.43 bits per heavy atom. The Balaban J connectivity index is 2.49. The third-order valence-corrected chi connectivity index (χ3v) is 3.66. The van der Waals surface area contributed by atoms with E-state index in [2.05, 4.69) is 10.4 Å². The summed E-state index contributed by atoms with van der Waals surface area (Å²) in [6, 6.07) is 1.32. The topological polar surface area (TPSA) is 68.9 Å². The second-order valence-electron chi connectivity index (χ2n) is 5.16. The summed E-state index contributed by atoms with van der Waals surface area (Å²) in [7, 11) is 0. The Bertz CT molecular complexity index is 714. The maximum Gasteiger partial charge on any atom is 0.277 e. The maximum absolute atomic E-state index is 12.7. The van der Waals surface area contributed by atoms with Crippen LogP contribution < -0.4 is 10.9 Å². The summed E-state index contributed by atoms with van der Waals surface area (Å²) in [6.45, 7) is 8.80. The molecule has 0 saturated carbocycles. The van der Waals surface area contributed by atoms with Crippen LogP contribution in [0.25, 0.3) is 10.9 Å². The van der Waals surface area contributed by atoms with Gasteiger partial charge in [0.25, 0.3) is 5.56 Å². The molecule has 0 aliphatic heterocycles. The van der Waals surface area contributed by atoms with Gasteiger partial charge < -0.3 is 9.88 Å². The molecule has 114 valence electrons. The highest BCUT2D eigenvalue weighted by atomic mass is 16.2. The van der Waals surface area contributed by atoms with Gasteiger partial charge >= 0.3 is 0 Å². The summed E-state index contributed by atoms with van der Waals surface area (Å²) < 4.78 is 3.17. The minimum atomic E-state index is -0.533. The lowest BCUT2D eigenvalue weighted by atomic mass is 10.2. The van der Waals surface area contributed by atoms with Crippen molar-refractivity contribution in [3.8, 4) is 0 Å². The number of amides is 1. The number of hydrogen-bond acceptors (Lipinski definition) is 3. The second kappa shape index (κ2) is 6.11. The zero-order chi connectivity index (χ0) is 15.6. The molecule has 0 fully saturated rings.